The molecule has 1 amide bonds. The molecular formula is C17H17N5O. The molecule has 6 heteroatoms. The maximum atomic E-state index is 11.0. The summed E-state index contributed by atoms with van der Waals surface area (Å²) >= 11 is 0. The molecule has 0 saturated carbocycles. The van der Waals surface area contributed by atoms with Crippen LogP contribution >= 0.6 is 0 Å². The summed E-state index contributed by atoms with van der Waals surface area (Å²) in [4.78, 5) is 19.9. The molecule has 0 atom stereocenters. The maximum absolute atomic E-state index is 11.0. The lowest BCUT2D eigenvalue weighted by atomic mass is 10.1. The zero-order valence-electron chi connectivity index (χ0n) is 13.0. The molecule has 23 heavy (non-hydrogen) atoms. The minimum atomic E-state index is -0.419. The van der Waals surface area contributed by atoms with Gasteiger partial charge in [0.05, 0.1) is 5.69 Å². The number of nitrogens with zero attached hydrogens (tertiary/aromatic N) is 4. The maximum Gasteiger partial charge on any atom is 0.239 e. The van der Waals surface area contributed by atoms with Crippen LogP contribution in [0.4, 0.5) is 0 Å². The Balaban J connectivity index is 1.96. The molecule has 3 aromatic rings. The third-order valence-electron chi connectivity index (χ3n) is 3.36. The van der Waals surface area contributed by atoms with Gasteiger partial charge in [0.25, 0.3) is 0 Å². The highest BCUT2D eigenvalue weighted by Crippen LogP contribution is 2.23. The molecule has 1 aromatic carbocycles. The highest BCUT2D eigenvalue weighted by Gasteiger charge is 2.08. The molecule has 116 valence electrons. The van der Waals surface area contributed by atoms with Crippen LogP contribution < -0.4 is 5.73 Å². The number of rotatable bonds is 4. The van der Waals surface area contributed by atoms with Crippen LogP contribution in [0.2, 0.25) is 0 Å². The summed E-state index contributed by atoms with van der Waals surface area (Å²) in [6.07, 6.45) is 1.74. The Kier molecular flexibility index (Phi) is 3.89. The Labute approximate surface area is 134 Å². The number of aryl methyl sites for hydroxylation is 2. The van der Waals surface area contributed by atoms with Crippen molar-refractivity contribution in [3.63, 3.8) is 0 Å². The van der Waals surface area contributed by atoms with Gasteiger partial charge in [-0.05, 0) is 32.0 Å². The Bertz CT molecular complexity index is 849. The molecule has 0 bridgehead atoms. The van der Waals surface area contributed by atoms with Crippen molar-refractivity contribution in [1.82, 2.24) is 19.7 Å². The van der Waals surface area contributed by atoms with Gasteiger partial charge in [0.1, 0.15) is 6.54 Å². The number of amides is 1. The zero-order valence-corrected chi connectivity index (χ0v) is 13.0. The van der Waals surface area contributed by atoms with Crippen molar-refractivity contribution in [3.8, 4) is 22.6 Å². The molecule has 0 spiro atoms. The van der Waals surface area contributed by atoms with Crippen LogP contribution in [-0.2, 0) is 11.3 Å². The molecule has 0 aliphatic carbocycles. The number of benzene rings is 1. The minimum absolute atomic E-state index is 0.0693. The molecule has 2 aromatic heterocycles. The van der Waals surface area contributed by atoms with E-state index in [9.17, 15) is 4.79 Å². The second kappa shape index (κ2) is 6.00. The lowest BCUT2D eigenvalue weighted by molar-refractivity contribution is -0.118. The smallest absolute Gasteiger partial charge is 0.239 e. The normalized spacial score (nSPS) is 10.7. The molecule has 0 fully saturated rings. The number of nitrogens with two attached hydrogens (primary N) is 1. The van der Waals surface area contributed by atoms with E-state index >= 15 is 0 Å². The van der Waals surface area contributed by atoms with E-state index in [0.29, 0.717) is 5.82 Å². The van der Waals surface area contributed by atoms with E-state index < -0.39 is 5.91 Å². The van der Waals surface area contributed by atoms with Crippen LogP contribution in [0, 0.1) is 13.8 Å². The number of hydrogen-bond donors (Lipinski definition) is 1. The van der Waals surface area contributed by atoms with E-state index in [1.54, 1.807) is 6.20 Å². The largest absolute Gasteiger partial charge is 0.368 e. The van der Waals surface area contributed by atoms with E-state index in [-0.39, 0.29) is 6.54 Å². The molecule has 0 unspecified atom stereocenters. The van der Waals surface area contributed by atoms with Crippen LogP contribution in [0.3, 0.4) is 0 Å². The molecular weight excluding hydrogens is 290 g/mol. The summed E-state index contributed by atoms with van der Waals surface area (Å²) in [6, 6.07) is 11.7. The molecule has 2 heterocycles. The first-order chi connectivity index (χ1) is 11.0. The van der Waals surface area contributed by atoms with Crippen molar-refractivity contribution >= 4 is 5.91 Å². The van der Waals surface area contributed by atoms with E-state index in [1.807, 2.05) is 50.2 Å². The summed E-state index contributed by atoms with van der Waals surface area (Å²) in [6.45, 7) is 3.97. The van der Waals surface area contributed by atoms with E-state index in [2.05, 4.69) is 15.1 Å². The topological polar surface area (TPSA) is 86.7 Å². The minimum Gasteiger partial charge on any atom is -0.368 e. The molecule has 0 aliphatic rings. The van der Waals surface area contributed by atoms with Crippen LogP contribution in [0.1, 0.15) is 11.4 Å². The SMILES string of the molecule is Cc1cc(C)nc(-c2cccc(-c3ccn(CC(N)=O)n3)c2)n1. The van der Waals surface area contributed by atoms with Crippen LogP contribution in [0.15, 0.2) is 42.6 Å². The number of aromatic nitrogens is 4. The average molecular weight is 307 g/mol. The van der Waals surface area contributed by atoms with Gasteiger partial charge in [-0.25, -0.2) is 9.97 Å². The fraction of sp³-hybridized carbons (Fsp3) is 0.176. The van der Waals surface area contributed by atoms with E-state index in [1.165, 1.54) is 4.68 Å². The fourth-order valence-electron chi connectivity index (χ4n) is 2.44. The third-order valence-corrected chi connectivity index (χ3v) is 3.36. The first-order valence-electron chi connectivity index (χ1n) is 7.26. The van der Waals surface area contributed by atoms with Gasteiger partial charge in [-0.15, -0.1) is 0 Å². The standard InChI is InChI=1S/C17H17N5O/c1-11-8-12(2)20-17(19-11)14-5-3-4-13(9-14)15-6-7-22(21-15)10-16(18)23/h3-9H,10H2,1-2H3,(H2,18,23). The van der Waals surface area contributed by atoms with Crippen molar-refractivity contribution in [3.05, 3.63) is 54.0 Å². The molecule has 6 nitrogen and oxygen atoms in total. The van der Waals surface area contributed by atoms with Gasteiger partial charge in [-0.2, -0.15) is 5.10 Å². The highest BCUT2D eigenvalue weighted by atomic mass is 16.1. The lowest BCUT2D eigenvalue weighted by Gasteiger charge is -2.05. The Hall–Kier alpha value is -3.02. The zero-order chi connectivity index (χ0) is 16.4. The van der Waals surface area contributed by atoms with Crippen molar-refractivity contribution in [2.24, 2.45) is 5.73 Å². The van der Waals surface area contributed by atoms with Crippen LogP contribution in [0.5, 0.6) is 0 Å². The second-order valence-corrected chi connectivity index (χ2v) is 5.42. The third kappa shape index (κ3) is 3.42. The number of carbonyl (C=O) groups is 1. The van der Waals surface area contributed by atoms with Crippen molar-refractivity contribution in [1.29, 1.82) is 0 Å². The van der Waals surface area contributed by atoms with Gasteiger partial charge in [-0.3, -0.25) is 9.48 Å². The van der Waals surface area contributed by atoms with Gasteiger partial charge in [0, 0.05) is 28.7 Å². The van der Waals surface area contributed by atoms with Gasteiger partial charge in [-0.1, -0.05) is 18.2 Å². The first-order valence-corrected chi connectivity index (χ1v) is 7.26. The number of carbonyl (C=O) groups excluding carboxylic acids is 1. The summed E-state index contributed by atoms with van der Waals surface area (Å²) < 4.78 is 1.53. The monoisotopic (exact) mass is 307 g/mol. The van der Waals surface area contributed by atoms with Gasteiger partial charge in [0.2, 0.25) is 5.91 Å². The Morgan fingerprint density at radius 1 is 1.09 bits per heavy atom. The van der Waals surface area contributed by atoms with Gasteiger partial charge < -0.3 is 5.73 Å². The Morgan fingerprint density at radius 3 is 2.48 bits per heavy atom. The van der Waals surface area contributed by atoms with Crippen molar-refractivity contribution in [2.45, 2.75) is 20.4 Å². The predicted molar refractivity (Wildman–Crippen MR) is 87.4 cm³/mol. The van der Waals surface area contributed by atoms with Crippen molar-refractivity contribution < 1.29 is 4.79 Å². The molecule has 0 radical (unpaired) electrons. The summed E-state index contributed by atoms with van der Waals surface area (Å²) in [5, 5.41) is 4.37. The summed E-state index contributed by atoms with van der Waals surface area (Å²) in [7, 11) is 0. The second-order valence-electron chi connectivity index (χ2n) is 5.42. The summed E-state index contributed by atoms with van der Waals surface area (Å²) in [5.41, 5.74) is 9.70. The fourth-order valence-corrected chi connectivity index (χ4v) is 2.44. The summed E-state index contributed by atoms with van der Waals surface area (Å²) in [5.74, 6) is 0.276. The molecule has 0 aliphatic heterocycles. The Morgan fingerprint density at radius 2 is 1.78 bits per heavy atom. The first kappa shape index (κ1) is 14.9. The lowest BCUT2D eigenvalue weighted by Crippen LogP contribution is -2.18. The average Bonchev–Trinajstić information content (AvgIpc) is 2.94. The number of hydrogen-bond acceptors (Lipinski definition) is 4. The van der Waals surface area contributed by atoms with E-state index in [4.69, 9.17) is 5.73 Å². The van der Waals surface area contributed by atoms with Crippen molar-refractivity contribution in [2.75, 3.05) is 0 Å². The highest BCUT2D eigenvalue weighted by molar-refractivity contribution is 5.73. The molecule has 2 N–H and O–H groups in total. The molecule has 0 saturated heterocycles. The van der Waals surface area contributed by atoms with E-state index in [0.717, 1.165) is 28.2 Å². The molecule has 3 rings (SSSR count). The number of primary amides is 1. The quantitative estimate of drug-likeness (QED) is 0.799. The van der Waals surface area contributed by atoms with Gasteiger partial charge in [0.15, 0.2) is 5.82 Å². The van der Waals surface area contributed by atoms with Gasteiger partial charge >= 0.3 is 0 Å². The predicted octanol–water partition coefficient (Wildman–Crippen LogP) is 2.11. The van der Waals surface area contributed by atoms with Crippen LogP contribution in [0.25, 0.3) is 22.6 Å². The van der Waals surface area contributed by atoms with Crippen LogP contribution in [-0.4, -0.2) is 25.7 Å².